The van der Waals surface area contributed by atoms with Gasteiger partial charge in [-0.1, -0.05) is 0 Å². The molecule has 2 aromatic heterocycles. The fourth-order valence-corrected chi connectivity index (χ4v) is 2.22. The van der Waals surface area contributed by atoms with Gasteiger partial charge in [0.15, 0.2) is 0 Å². The Bertz CT molecular complexity index is 773. The van der Waals surface area contributed by atoms with Crippen LogP contribution in [-0.2, 0) is 20.9 Å². The fourth-order valence-electron chi connectivity index (χ4n) is 2.22. The van der Waals surface area contributed by atoms with Crippen LogP contribution in [0.4, 0.5) is 8.78 Å². The molecule has 0 fully saturated rings. The normalized spacial score (nSPS) is 10.9. The van der Waals surface area contributed by atoms with Gasteiger partial charge in [0.2, 0.25) is 5.88 Å². The molecular weight excluding hydrogens is 326 g/mol. The maximum Gasteiger partial charge on any atom is 0.342 e. The zero-order chi connectivity index (χ0) is 17.9. The van der Waals surface area contributed by atoms with E-state index in [-0.39, 0.29) is 30.2 Å². The first-order valence-electron chi connectivity index (χ1n) is 7.07. The highest BCUT2D eigenvalue weighted by Gasteiger charge is 2.29. The first-order chi connectivity index (χ1) is 11.4. The van der Waals surface area contributed by atoms with E-state index in [9.17, 15) is 18.4 Å². The number of carbonyl (C=O) groups excluding carboxylic acids is 2. The van der Waals surface area contributed by atoms with Crippen LogP contribution < -0.4 is 4.74 Å². The van der Waals surface area contributed by atoms with Crippen molar-refractivity contribution >= 4 is 17.5 Å². The summed E-state index contributed by atoms with van der Waals surface area (Å²) in [6, 6.07) is 2.99. The van der Waals surface area contributed by atoms with E-state index in [0.717, 1.165) is 4.52 Å². The van der Waals surface area contributed by atoms with Crippen LogP contribution in [-0.4, -0.2) is 35.3 Å². The molecule has 0 amide bonds. The van der Waals surface area contributed by atoms with Crippen LogP contribution in [0.2, 0.25) is 0 Å². The molecule has 2 heterocycles. The Kier molecular flexibility index (Phi) is 5.32. The van der Waals surface area contributed by atoms with Gasteiger partial charge >= 0.3 is 11.9 Å². The van der Waals surface area contributed by atoms with E-state index in [0.29, 0.717) is 5.56 Å². The minimum absolute atomic E-state index is 0.0160. The van der Waals surface area contributed by atoms with Crippen LogP contribution in [0, 0.1) is 0 Å². The standard InChI is InChI=1S/C15H16F2N2O5/c1-4-23-15(21)11-12(14(16)17)18-19-10(22-3)6-5-9(13(11)19)7-24-8(2)20/h5-6,14H,4,7H2,1-3H3. The van der Waals surface area contributed by atoms with Crippen LogP contribution in [0.5, 0.6) is 5.88 Å². The Morgan fingerprint density at radius 1 is 1.29 bits per heavy atom. The topological polar surface area (TPSA) is 79.1 Å². The van der Waals surface area contributed by atoms with Gasteiger partial charge in [-0.15, -0.1) is 0 Å². The second kappa shape index (κ2) is 7.24. The number of fused-ring (bicyclic) bond motifs is 1. The molecule has 0 saturated carbocycles. The molecule has 0 atom stereocenters. The van der Waals surface area contributed by atoms with Gasteiger partial charge in [0, 0.05) is 18.6 Å². The van der Waals surface area contributed by atoms with E-state index in [1.165, 1.54) is 26.2 Å². The maximum absolute atomic E-state index is 13.3. The number of rotatable bonds is 6. The van der Waals surface area contributed by atoms with Crippen molar-refractivity contribution < 1.29 is 32.6 Å². The van der Waals surface area contributed by atoms with Crippen molar-refractivity contribution in [3.05, 3.63) is 29.0 Å². The lowest BCUT2D eigenvalue weighted by Gasteiger charge is -2.09. The van der Waals surface area contributed by atoms with Crippen LogP contribution in [0.15, 0.2) is 12.1 Å². The largest absolute Gasteiger partial charge is 0.481 e. The molecule has 0 bridgehead atoms. The van der Waals surface area contributed by atoms with E-state index in [1.807, 2.05) is 0 Å². The summed E-state index contributed by atoms with van der Waals surface area (Å²) in [4.78, 5) is 23.2. The lowest BCUT2D eigenvalue weighted by atomic mass is 10.1. The first kappa shape index (κ1) is 17.6. The number of hydrogen-bond donors (Lipinski definition) is 0. The van der Waals surface area contributed by atoms with Gasteiger partial charge in [-0.25, -0.2) is 13.6 Å². The van der Waals surface area contributed by atoms with Crippen molar-refractivity contribution in [2.75, 3.05) is 13.7 Å². The zero-order valence-corrected chi connectivity index (χ0v) is 13.3. The Hall–Kier alpha value is -2.71. The van der Waals surface area contributed by atoms with Gasteiger partial charge in [0.1, 0.15) is 17.9 Å². The van der Waals surface area contributed by atoms with E-state index >= 15 is 0 Å². The number of hydrogen-bond acceptors (Lipinski definition) is 6. The molecule has 0 saturated heterocycles. The Morgan fingerprint density at radius 3 is 2.54 bits per heavy atom. The lowest BCUT2D eigenvalue weighted by Crippen LogP contribution is -2.09. The van der Waals surface area contributed by atoms with E-state index < -0.39 is 24.1 Å². The van der Waals surface area contributed by atoms with Crippen molar-refractivity contribution in [3.63, 3.8) is 0 Å². The van der Waals surface area contributed by atoms with Crippen molar-refractivity contribution in [1.29, 1.82) is 0 Å². The van der Waals surface area contributed by atoms with Gasteiger partial charge < -0.3 is 14.2 Å². The molecule has 0 aliphatic heterocycles. The summed E-state index contributed by atoms with van der Waals surface area (Å²) in [5, 5.41) is 3.77. The van der Waals surface area contributed by atoms with Gasteiger partial charge in [0.05, 0.1) is 19.2 Å². The third kappa shape index (κ3) is 3.29. The number of carbonyl (C=O) groups is 2. The molecule has 2 rings (SSSR count). The fraction of sp³-hybridized carbons (Fsp3) is 0.400. The summed E-state index contributed by atoms with van der Waals surface area (Å²) < 4.78 is 42.6. The van der Waals surface area contributed by atoms with Crippen molar-refractivity contribution in [2.45, 2.75) is 26.9 Å². The number of esters is 2. The zero-order valence-electron chi connectivity index (χ0n) is 13.3. The summed E-state index contributed by atoms with van der Waals surface area (Å²) in [5.74, 6) is -1.33. The Morgan fingerprint density at radius 2 is 2.00 bits per heavy atom. The molecule has 0 spiro atoms. The van der Waals surface area contributed by atoms with Crippen LogP contribution in [0.3, 0.4) is 0 Å². The highest BCUT2D eigenvalue weighted by molar-refractivity contribution is 5.99. The number of pyridine rings is 1. The minimum Gasteiger partial charge on any atom is -0.481 e. The molecule has 2 aromatic rings. The van der Waals surface area contributed by atoms with E-state index in [1.54, 1.807) is 6.92 Å². The van der Waals surface area contributed by atoms with E-state index in [4.69, 9.17) is 14.2 Å². The van der Waals surface area contributed by atoms with Crippen LogP contribution in [0.25, 0.3) is 5.52 Å². The van der Waals surface area contributed by atoms with Crippen molar-refractivity contribution in [1.82, 2.24) is 9.61 Å². The predicted octanol–water partition coefficient (Wildman–Crippen LogP) is 2.52. The monoisotopic (exact) mass is 342 g/mol. The molecule has 0 aliphatic rings. The summed E-state index contributed by atoms with van der Waals surface area (Å²) in [6.07, 6.45) is -2.99. The lowest BCUT2D eigenvalue weighted by molar-refractivity contribution is -0.142. The maximum atomic E-state index is 13.3. The Balaban J connectivity index is 2.74. The highest BCUT2D eigenvalue weighted by atomic mass is 19.3. The van der Waals surface area contributed by atoms with Crippen LogP contribution >= 0.6 is 0 Å². The molecular formula is C15H16F2N2O5. The molecule has 0 N–H and O–H groups in total. The summed E-state index contributed by atoms with van der Waals surface area (Å²) in [5.41, 5.74) is -0.701. The SMILES string of the molecule is CCOC(=O)c1c(C(F)F)nn2c(OC)ccc(COC(C)=O)c12. The molecule has 0 aromatic carbocycles. The molecule has 0 unspecified atom stereocenters. The van der Waals surface area contributed by atoms with Crippen molar-refractivity contribution in [3.8, 4) is 5.88 Å². The molecule has 130 valence electrons. The average molecular weight is 342 g/mol. The summed E-state index contributed by atoms with van der Waals surface area (Å²) in [7, 11) is 1.34. The number of ether oxygens (including phenoxy) is 3. The third-order valence-corrected chi connectivity index (χ3v) is 3.18. The quantitative estimate of drug-likeness (QED) is 0.751. The van der Waals surface area contributed by atoms with Crippen molar-refractivity contribution in [2.24, 2.45) is 0 Å². The number of halogens is 2. The number of alkyl halides is 2. The van der Waals surface area contributed by atoms with Crippen LogP contribution in [0.1, 0.15) is 41.9 Å². The molecule has 0 radical (unpaired) electrons. The summed E-state index contributed by atoms with van der Waals surface area (Å²) >= 11 is 0. The molecule has 0 aliphatic carbocycles. The summed E-state index contributed by atoms with van der Waals surface area (Å²) in [6.45, 7) is 2.59. The van der Waals surface area contributed by atoms with Gasteiger partial charge in [-0.3, -0.25) is 4.79 Å². The molecule has 24 heavy (non-hydrogen) atoms. The van der Waals surface area contributed by atoms with Gasteiger partial charge in [-0.05, 0) is 13.0 Å². The van der Waals surface area contributed by atoms with Gasteiger partial charge in [0.25, 0.3) is 6.43 Å². The number of methoxy groups -OCH3 is 1. The highest BCUT2D eigenvalue weighted by Crippen LogP contribution is 2.31. The van der Waals surface area contributed by atoms with Gasteiger partial charge in [-0.2, -0.15) is 9.61 Å². The first-order valence-corrected chi connectivity index (χ1v) is 7.07. The second-order valence-corrected chi connectivity index (χ2v) is 4.72. The average Bonchev–Trinajstić information content (AvgIpc) is 2.93. The molecule has 7 nitrogen and oxygen atoms in total. The number of nitrogens with zero attached hydrogens (tertiary/aromatic N) is 2. The molecule has 9 heteroatoms. The van der Waals surface area contributed by atoms with E-state index in [2.05, 4.69) is 5.10 Å². The number of aromatic nitrogens is 2. The Labute approximate surface area is 136 Å². The predicted molar refractivity (Wildman–Crippen MR) is 78.1 cm³/mol. The minimum atomic E-state index is -2.99. The second-order valence-electron chi connectivity index (χ2n) is 4.72. The third-order valence-electron chi connectivity index (χ3n) is 3.18. The smallest absolute Gasteiger partial charge is 0.342 e.